The maximum atomic E-state index is 11.7. The summed E-state index contributed by atoms with van der Waals surface area (Å²) in [6.07, 6.45) is 26.8. The Morgan fingerprint density at radius 1 is 0.704 bits per heavy atom. The summed E-state index contributed by atoms with van der Waals surface area (Å²) in [4.78, 5) is 11.7. The molecule has 160 valence electrons. The van der Waals surface area contributed by atoms with Gasteiger partial charge in [-0.15, -0.1) is 0 Å². The lowest BCUT2D eigenvalue weighted by atomic mass is 10.1. The molecule has 0 aliphatic rings. The van der Waals surface area contributed by atoms with Gasteiger partial charge in [0.25, 0.3) is 0 Å². The van der Waals surface area contributed by atoms with Crippen LogP contribution in [-0.4, -0.2) is 19.0 Å². The first-order valence-electron chi connectivity index (χ1n) is 11.9. The number of allylic oxidation sites excluding steroid dienone is 2. The summed E-state index contributed by atoms with van der Waals surface area (Å²) in [6.45, 7) is 3.88. The number of rotatable bonds is 21. The predicted octanol–water partition coefficient (Wildman–Crippen LogP) is 6.66. The van der Waals surface area contributed by atoms with Crippen LogP contribution in [0.2, 0.25) is 0 Å². The highest BCUT2D eigenvalue weighted by Crippen LogP contribution is 2.10. The first kappa shape index (κ1) is 26.2. The molecule has 0 spiro atoms. The minimum Gasteiger partial charge on any atom is -0.356 e. The maximum Gasteiger partial charge on any atom is 0.219 e. The fourth-order valence-corrected chi connectivity index (χ4v) is 3.30. The Morgan fingerprint density at radius 3 is 1.85 bits per heavy atom. The van der Waals surface area contributed by atoms with E-state index in [9.17, 15) is 4.79 Å². The molecular formula is C24H48N2O. The quantitative estimate of drug-likeness (QED) is 0.173. The lowest BCUT2D eigenvalue weighted by Gasteiger charge is -2.05. The van der Waals surface area contributed by atoms with E-state index >= 15 is 0 Å². The average Bonchev–Trinajstić information content (AvgIpc) is 2.67. The Morgan fingerprint density at radius 2 is 1.22 bits per heavy atom. The number of nitrogens with one attached hydrogen (secondary N) is 1. The fraction of sp³-hybridized carbons (Fsp3) is 0.875. The molecule has 0 aromatic carbocycles. The summed E-state index contributed by atoms with van der Waals surface area (Å²) in [7, 11) is 0. The van der Waals surface area contributed by atoms with Gasteiger partial charge in [0.1, 0.15) is 0 Å². The standard InChI is InChI=1S/C24H48N2O/c1-2-3-4-5-6-7-8-9-10-11-12-13-14-15-18-21-24(27)26-23-20-17-16-19-22-25/h9-10H,2-8,11-23,25H2,1H3,(H,26,27). The van der Waals surface area contributed by atoms with Gasteiger partial charge in [-0.2, -0.15) is 0 Å². The summed E-state index contributed by atoms with van der Waals surface area (Å²) in [5, 5.41) is 3.03. The third-order valence-electron chi connectivity index (χ3n) is 5.12. The van der Waals surface area contributed by atoms with Crippen LogP contribution in [0.25, 0.3) is 0 Å². The largest absolute Gasteiger partial charge is 0.356 e. The van der Waals surface area contributed by atoms with E-state index in [1.165, 1.54) is 89.9 Å². The van der Waals surface area contributed by atoms with Crippen LogP contribution in [0.15, 0.2) is 12.2 Å². The van der Waals surface area contributed by atoms with Crippen molar-refractivity contribution in [2.75, 3.05) is 13.1 Å². The Labute approximate surface area is 169 Å². The van der Waals surface area contributed by atoms with Crippen molar-refractivity contribution in [3.05, 3.63) is 12.2 Å². The first-order valence-corrected chi connectivity index (χ1v) is 11.9. The van der Waals surface area contributed by atoms with Gasteiger partial charge >= 0.3 is 0 Å². The molecule has 0 saturated carbocycles. The molecule has 0 unspecified atom stereocenters. The van der Waals surface area contributed by atoms with Crippen LogP contribution < -0.4 is 11.1 Å². The number of hydrogen-bond donors (Lipinski definition) is 2. The molecule has 1 amide bonds. The number of nitrogens with two attached hydrogens (primary N) is 1. The molecule has 0 saturated heterocycles. The minimum atomic E-state index is 0.228. The number of carbonyl (C=O) groups is 1. The third-order valence-corrected chi connectivity index (χ3v) is 5.12. The molecule has 0 atom stereocenters. The van der Waals surface area contributed by atoms with Gasteiger partial charge in [-0.3, -0.25) is 4.79 Å². The second kappa shape index (κ2) is 23.2. The van der Waals surface area contributed by atoms with Gasteiger partial charge in [0.2, 0.25) is 5.91 Å². The fourth-order valence-electron chi connectivity index (χ4n) is 3.30. The minimum absolute atomic E-state index is 0.228. The van der Waals surface area contributed by atoms with Crippen LogP contribution in [0.4, 0.5) is 0 Å². The third kappa shape index (κ3) is 23.1. The first-order chi connectivity index (χ1) is 13.3. The normalized spacial score (nSPS) is 11.3. The highest BCUT2D eigenvalue weighted by atomic mass is 16.1. The maximum absolute atomic E-state index is 11.7. The van der Waals surface area contributed by atoms with E-state index in [0.717, 1.165) is 32.4 Å². The monoisotopic (exact) mass is 380 g/mol. The van der Waals surface area contributed by atoms with E-state index in [-0.39, 0.29) is 5.91 Å². The molecule has 0 aromatic heterocycles. The molecule has 27 heavy (non-hydrogen) atoms. The number of carbonyl (C=O) groups excluding carboxylic acids is 1. The molecule has 0 radical (unpaired) electrons. The summed E-state index contributed by atoms with van der Waals surface area (Å²) < 4.78 is 0. The van der Waals surface area contributed by atoms with Crippen molar-refractivity contribution in [2.45, 2.75) is 122 Å². The van der Waals surface area contributed by atoms with Crippen LogP contribution in [0.5, 0.6) is 0 Å². The van der Waals surface area contributed by atoms with Crippen molar-refractivity contribution >= 4 is 5.91 Å². The Bertz CT molecular complexity index is 328. The molecule has 3 heteroatoms. The van der Waals surface area contributed by atoms with Crippen LogP contribution in [0.3, 0.4) is 0 Å². The van der Waals surface area contributed by atoms with Crippen LogP contribution in [-0.2, 0) is 4.79 Å². The van der Waals surface area contributed by atoms with Crippen molar-refractivity contribution < 1.29 is 4.79 Å². The smallest absolute Gasteiger partial charge is 0.219 e. The average molecular weight is 381 g/mol. The lowest BCUT2D eigenvalue weighted by Crippen LogP contribution is -2.23. The SMILES string of the molecule is CCCCCCCCC=CCCCCCCCC(=O)NCCCCCCN. The van der Waals surface area contributed by atoms with Gasteiger partial charge in [0, 0.05) is 13.0 Å². The summed E-state index contributed by atoms with van der Waals surface area (Å²) >= 11 is 0. The molecule has 0 bridgehead atoms. The highest BCUT2D eigenvalue weighted by Gasteiger charge is 2.00. The molecular weight excluding hydrogens is 332 g/mol. The zero-order chi connectivity index (χ0) is 19.8. The Kier molecular flexibility index (Phi) is 22.5. The Balaban J connectivity index is 3.19. The van der Waals surface area contributed by atoms with E-state index in [1.54, 1.807) is 0 Å². The molecule has 3 N–H and O–H groups in total. The van der Waals surface area contributed by atoms with E-state index in [0.29, 0.717) is 6.42 Å². The number of amides is 1. The van der Waals surface area contributed by atoms with Gasteiger partial charge in [-0.1, -0.05) is 83.3 Å². The van der Waals surface area contributed by atoms with Crippen LogP contribution >= 0.6 is 0 Å². The van der Waals surface area contributed by atoms with Crippen molar-refractivity contribution in [1.29, 1.82) is 0 Å². The zero-order valence-corrected chi connectivity index (χ0v) is 18.3. The molecule has 0 fully saturated rings. The molecule has 0 heterocycles. The van der Waals surface area contributed by atoms with Gasteiger partial charge in [0.05, 0.1) is 0 Å². The number of unbranched alkanes of at least 4 members (excludes halogenated alkanes) is 14. The summed E-state index contributed by atoms with van der Waals surface area (Å²) in [5.41, 5.74) is 5.47. The summed E-state index contributed by atoms with van der Waals surface area (Å²) in [5.74, 6) is 0.228. The van der Waals surface area contributed by atoms with Gasteiger partial charge in [-0.05, 0) is 51.5 Å². The van der Waals surface area contributed by atoms with Crippen molar-refractivity contribution in [3.8, 4) is 0 Å². The van der Waals surface area contributed by atoms with Crippen molar-refractivity contribution in [2.24, 2.45) is 5.73 Å². The second-order valence-corrected chi connectivity index (χ2v) is 7.89. The lowest BCUT2D eigenvalue weighted by molar-refractivity contribution is -0.121. The molecule has 0 aliphatic carbocycles. The van der Waals surface area contributed by atoms with Crippen molar-refractivity contribution in [1.82, 2.24) is 5.32 Å². The van der Waals surface area contributed by atoms with Crippen LogP contribution in [0, 0.1) is 0 Å². The Hall–Kier alpha value is -0.830. The van der Waals surface area contributed by atoms with E-state index < -0.39 is 0 Å². The zero-order valence-electron chi connectivity index (χ0n) is 18.3. The van der Waals surface area contributed by atoms with E-state index in [4.69, 9.17) is 5.73 Å². The molecule has 0 aliphatic heterocycles. The van der Waals surface area contributed by atoms with Crippen LogP contribution in [0.1, 0.15) is 122 Å². The second-order valence-electron chi connectivity index (χ2n) is 7.89. The van der Waals surface area contributed by atoms with E-state index in [1.807, 2.05) is 0 Å². The topological polar surface area (TPSA) is 55.1 Å². The molecule has 3 nitrogen and oxygen atoms in total. The van der Waals surface area contributed by atoms with Crippen molar-refractivity contribution in [3.63, 3.8) is 0 Å². The number of hydrogen-bond acceptors (Lipinski definition) is 2. The summed E-state index contributed by atoms with van der Waals surface area (Å²) in [6, 6.07) is 0. The highest BCUT2D eigenvalue weighted by molar-refractivity contribution is 5.75. The molecule has 0 rings (SSSR count). The van der Waals surface area contributed by atoms with Gasteiger partial charge < -0.3 is 11.1 Å². The molecule has 0 aromatic rings. The van der Waals surface area contributed by atoms with E-state index in [2.05, 4.69) is 24.4 Å². The van der Waals surface area contributed by atoms with Gasteiger partial charge in [0.15, 0.2) is 0 Å². The van der Waals surface area contributed by atoms with Gasteiger partial charge in [-0.25, -0.2) is 0 Å². The predicted molar refractivity (Wildman–Crippen MR) is 120 cm³/mol.